The third-order valence-corrected chi connectivity index (χ3v) is 2.52. The van der Waals surface area contributed by atoms with E-state index in [1.165, 1.54) is 0 Å². The maximum Gasteiger partial charge on any atom is 0.230 e. The molecular weight excluding hydrogens is 228 g/mol. The van der Waals surface area contributed by atoms with E-state index < -0.39 is 0 Å². The fourth-order valence-corrected chi connectivity index (χ4v) is 1.49. The molecular formula is C13H12N4O. The molecule has 2 rings (SSSR count). The average molecular weight is 240 g/mol. The molecule has 90 valence electrons. The van der Waals surface area contributed by atoms with Crippen LogP contribution in [0.2, 0.25) is 0 Å². The predicted octanol–water partition coefficient (Wildman–Crippen LogP) is 2.12. The van der Waals surface area contributed by atoms with Gasteiger partial charge >= 0.3 is 0 Å². The number of hydrogen-bond donors (Lipinski definition) is 0. The van der Waals surface area contributed by atoms with Crippen LogP contribution in [0.15, 0.2) is 36.5 Å². The van der Waals surface area contributed by atoms with Crippen LogP contribution in [0.3, 0.4) is 0 Å². The Labute approximate surface area is 105 Å². The minimum absolute atomic E-state index is 0.348. The van der Waals surface area contributed by atoms with Crippen molar-refractivity contribution >= 4 is 11.6 Å². The summed E-state index contributed by atoms with van der Waals surface area (Å²) >= 11 is 0. The molecule has 0 unspecified atom stereocenters. The zero-order chi connectivity index (χ0) is 13.0. The van der Waals surface area contributed by atoms with E-state index in [-0.39, 0.29) is 0 Å². The van der Waals surface area contributed by atoms with E-state index in [1.807, 2.05) is 37.4 Å². The van der Waals surface area contributed by atoms with Crippen LogP contribution in [0.4, 0.5) is 11.6 Å². The molecule has 18 heavy (non-hydrogen) atoms. The van der Waals surface area contributed by atoms with Gasteiger partial charge in [-0.15, -0.1) is 0 Å². The third-order valence-electron chi connectivity index (χ3n) is 2.52. The van der Waals surface area contributed by atoms with Gasteiger partial charge in [-0.1, -0.05) is 0 Å². The normalized spacial score (nSPS) is 9.61. The largest absolute Gasteiger partial charge is 0.497 e. The average Bonchev–Trinajstić information content (AvgIpc) is 2.46. The summed E-state index contributed by atoms with van der Waals surface area (Å²) in [6.07, 6.45) is 1.57. The number of anilines is 2. The Bertz CT molecular complexity index is 574. The smallest absolute Gasteiger partial charge is 0.230 e. The number of nitriles is 1. The van der Waals surface area contributed by atoms with Crippen LogP contribution >= 0.6 is 0 Å². The molecule has 1 aromatic heterocycles. The minimum Gasteiger partial charge on any atom is -0.497 e. The fraction of sp³-hybridized carbons (Fsp3) is 0.154. The molecule has 0 atom stereocenters. The lowest BCUT2D eigenvalue weighted by atomic mass is 10.3. The topological polar surface area (TPSA) is 62.0 Å². The van der Waals surface area contributed by atoms with Crippen molar-refractivity contribution in [2.75, 3.05) is 19.1 Å². The Morgan fingerprint density at radius 3 is 2.56 bits per heavy atom. The van der Waals surface area contributed by atoms with Gasteiger partial charge < -0.3 is 9.64 Å². The van der Waals surface area contributed by atoms with Crippen molar-refractivity contribution in [3.05, 3.63) is 42.2 Å². The summed E-state index contributed by atoms with van der Waals surface area (Å²) in [6.45, 7) is 0. The summed E-state index contributed by atoms with van der Waals surface area (Å²) in [4.78, 5) is 10.1. The molecule has 0 bridgehead atoms. The van der Waals surface area contributed by atoms with Gasteiger partial charge in [-0.05, 0) is 30.3 Å². The molecule has 1 aromatic carbocycles. The van der Waals surface area contributed by atoms with Gasteiger partial charge in [0.05, 0.1) is 7.11 Å². The van der Waals surface area contributed by atoms with Crippen LogP contribution in [0.5, 0.6) is 5.75 Å². The second kappa shape index (κ2) is 5.15. The molecule has 5 nitrogen and oxygen atoms in total. The lowest BCUT2D eigenvalue weighted by Crippen LogP contribution is -2.13. The number of aromatic nitrogens is 2. The second-order valence-electron chi connectivity index (χ2n) is 3.61. The first kappa shape index (κ1) is 11.9. The van der Waals surface area contributed by atoms with E-state index in [2.05, 4.69) is 9.97 Å². The van der Waals surface area contributed by atoms with Gasteiger partial charge in [0.15, 0.2) is 0 Å². The van der Waals surface area contributed by atoms with E-state index in [1.54, 1.807) is 24.3 Å². The summed E-state index contributed by atoms with van der Waals surface area (Å²) in [5.74, 6) is 1.28. The number of rotatable bonds is 3. The van der Waals surface area contributed by atoms with Crippen molar-refractivity contribution in [2.24, 2.45) is 0 Å². The minimum atomic E-state index is 0.348. The SMILES string of the molecule is COc1ccc(N(C)c2nccc(C#N)n2)cc1. The third kappa shape index (κ3) is 2.38. The molecule has 0 saturated carbocycles. The van der Waals surface area contributed by atoms with Crippen molar-refractivity contribution in [3.8, 4) is 11.8 Å². The molecule has 0 aliphatic heterocycles. The summed E-state index contributed by atoms with van der Waals surface area (Å²) in [5, 5.41) is 8.81. The summed E-state index contributed by atoms with van der Waals surface area (Å²) in [6, 6.07) is 11.1. The van der Waals surface area contributed by atoms with Crippen molar-refractivity contribution in [3.63, 3.8) is 0 Å². The molecule has 1 heterocycles. The highest BCUT2D eigenvalue weighted by Crippen LogP contribution is 2.22. The van der Waals surface area contributed by atoms with Crippen LogP contribution < -0.4 is 9.64 Å². The molecule has 0 aliphatic rings. The number of nitrogens with zero attached hydrogens (tertiary/aromatic N) is 4. The summed E-state index contributed by atoms with van der Waals surface area (Å²) < 4.78 is 5.10. The molecule has 0 saturated heterocycles. The molecule has 0 aliphatic carbocycles. The molecule has 5 heteroatoms. The highest BCUT2D eigenvalue weighted by Gasteiger charge is 2.07. The van der Waals surface area contributed by atoms with Crippen molar-refractivity contribution in [2.45, 2.75) is 0 Å². The lowest BCUT2D eigenvalue weighted by molar-refractivity contribution is 0.415. The van der Waals surface area contributed by atoms with E-state index >= 15 is 0 Å². The molecule has 0 N–H and O–H groups in total. The fourth-order valence-electron chi connectivity index (χ4n) is 1.49. The van der Waals surface area contributed by atoms with Crippen molar-refractivity contribution < 1.29 is 4.74 Å². The molecule has 0 amide bonds. The van der Waals surface area contributed by atoms with E-state index in [0.717, 1.165) is 11.4 Å². The zero-order valence-electron chi connectivity index (χ0n) is 10.2. The van der Waals surface area contributed by atoms with Gasteiger partial charge in [0, 0.05) is 18.9 Å². The highest BCUT2D eigenvalue weighted by atomic mass is 16.5. The first-order valence-electron chi connectivity index (χ1n) is 5.35. The van der Waals surface area contributed by atoms with Gasteiger partial charge in [-0.25, -0.2) is 9.97 Å². The van der Waals surface area contributed by atoms with Gasteiger partial charge in [0.25, 0.3) is 0 Å². The summed E-state index contributed by atoms with van der Waals surface area (Å²) in [5.41, 5.74) is 1.27. The molecule has 0 radical (unpaired) electrons. The maximum absolute atomic E-state index is 8.81. The zero-order valence-corrected chi connectivity index (χ0v) is 10.2. The second-order valence-corrected chi connectivity index (χ2v) is 3.61. The lowest BCUT2D eigenvalue weighted by Gasteiger charge is -2.17. The Balaban J connectivity index is 2.29. The van der Waals surface area contributed by atoms with E-state index in [9.17, 15) is 0 Å². The number of ether oxygens (including phenoxy) is 1. The van der Waals surface area contributed by atoms with E-state index in [0.29, 0.717) is 11.6 Å². The van der Waals surface area contributed by atoms with Crippen molar-refractivity contribution in [1.82, 2.24) is 9.97 Å². The standard InChI is InChI=1S/C13H12N4O/c1-17(11-3-5-12(18-2)6-4-11)13-15-8-7-10(9-14)16-13/h3-8H,1-2H3. The molecule has 2 aromatic rings. The Hall–Kier alpha value is -2.61. The van der Waals surface area contributed by atoms with Crippen LogP contribution in [-0.2, 0) is 0 Å². The number of methoxy groups -OCH3 is 1. The first-order valence-corrected chi connectivity index (χ1v) is 5.35. The van der Waals surface area contributed by atoms with Gasteiger partial charge in [0.1, 0.15) is 17.5 Å². The Kier molecular flexibility index (Phi) is 3.39. The number of benzene rings is 1. The molecule has 0 spiro atoms. The highest BCUT2D eigenvalue weighted by molar-refractivity contribution is 5.57. The van der Waals surface area contributed by atoms with Crippen LogP contribution in [-0.4, -0.2) is 24.1 Å². The van der Waals surface area contributed by atoms with Gasteiger partial charge in [-0.3, -0.25) is 0 Å². The van der Waals surface area contributed by atoms with Gasteiger partial charge in [-0.2, -0.15) is 5.26 Å². The summed E-state index contributed by atoms with van der Waals surface area (Å²) in [7, 11) is 3.47. The maximum atomic E-state index is 8.81. The first-order chi connectivity index (χ1) is 8.74. The van der Waals surface area contributed by atoms with Gasteiger partial charge in [0.2, 0.25) is 5.95 Å². The number of hydrogen-bond acceptors (Lipinski definition) is 5. The Morgan fingerprint density at radius 1 is 1.22 bits per heavy atom. The quantitative estimate of drug-likeness (QED) is 0.822. The van der Waals surface area contributed by atoms with Crippen LogP contribution in [0.1, 0.15) is 5.69 Å². The molecule has 0 fully saturated rings. The van der Waals surface area contributed by atoms with Crippen molar-refractivity contribution in [1.29, 1.82) is 5.26 Å². The van der Waals surface area contributed by atoms with Crippen LogP contribution in [0, 0.1) is 11.3 Å². The Morgan fingerprint density at radius 2 is 1.94 bits per heavy atom. The predicted molar refractivity (Wildman–Crippen MR) is 67.8 cm³/mol. The monoisotopic (exact) mass is 240 g/mol. The van der Waals surface area contributed by atoms with Crippen LogP contribution in [0.25, 0.3) is 0 Å². The van der Waals surface area contributed by atoms with E-state index in [4.69, 9.17) is 10.00 Å².